The minimum Gasteiger partial charge on any atom is -0.338 e. The standard InChI is InChI=1S/C13H7Cl2N3O2/c14-8-2-1-3-9(15)12(8)13-16-10-5-4-7(18(19)20)6-11(10)17-13/h1-6H,(H,16,17). The summed E-state index contributed by atoms with van der Waals surface area (Å²) in [4.78, 5) is 17.7. The Hall–Kier alpha value is -2.11. The molecule has 0 atom stereocenters. The van der Waals surface area contributed by atoms with Gasteiger partial charge >= 0.3 is 0 Å². The number of hydrogen-bond acceptors (Lipinski definition) is 3. The molecule has 20 heavy (non-hydrogen) atoms. The molecule has 3 aromatic rings. The topological polar surface area (TPSA) is 71.8 Å². The van der Waals surface area contributed by atoms with E-state index in [1.54, 1.807) is 24.3 Å². The van der Waals surface area contributed by atoms with Gasteiger partial charge < -0.3 is 4.98 Å². The van der Waals surface area contributed by atoms with Crippen LogP contribution in [-0.2, 0) is 0 Å². The van der Waals surface area contributed by atoms with Crippen LogP contribution in [0.4, 0.5) is 5.69 Å². The van der Waals surface area contributed by atoms with E-state index in [0.29, 0.717) is 32.5 Å². The molecule has 0 fully saturated rings. The molecule has 0 radical (unpaired) electrons. The first kappa shape index (κ1) is 12.9. The maximum Gasteiger partial charge on any atom is 0.271 e. The van der Waals surface area contributed by atoms with Crippen LogP contribution in [0.15, 0.2) is 36.4 Å². The average molecular weight is 308 g/mol. The molecule has 7 heteroatoms. The van der Waals surface area contributed by atoms with E-state index in [1.165, 1.54) is 12.1 Å². The summed E-state index contributed by atoms with van der Waals surface area (Å²) in [6.07, 6.45) is 0. The molecule has 5 nitrogen and oxygen atoms in total. The lowest BCUT2D eigenvalue weighted by molar-refractivity contribution is -0.384. The van der Waals surface area contributed by atoms with Crippen molar-refractivity contribution in [2.45, 2.75) is 0 Å². The first-order chi connectivity index (χ1) is 9.56. The molecule has 0 bridgehead atoms. The number of nitrogens with zero attached hydrogens (tertiary/aromatic N) is 2. The number of hydrogen-bond donors (Lipinski definition) is 1. The number of nitrogens with one attached hydrogen (secondary N) is 1. The number of benzene rings is 2. The van der Waals surface area contributed by atoms with Gasteiger partial charge in [-0.05, 0) is 18.2 Å². The van der Waals surface area contributed by atoms with Crippen LogP contribution in [0.3, 0.4) is 0 Å². The normalized spacial score (nSPS) is 10.9. The molecule has 1 N–H and O–H groups in total. The minimum absolute atomic E-state index is 0.00189. The van der Waals surface area contributed by atoms with Crippen molar-refractivity contribution in [2.75, 3.05) is 0 Å². The van der Waals surface area contributed by atoms with Crippen LogP contribution in [-0.4, -0.2) is 14.9 Å². The highest BCUT2D eigenvalue weighted by Gasteiger charge is 2.14. The highest BCUT2D eigenvalue weighted by molar-refractivity contribution is 6.39. The third-order valence-electron chi connectivity index (χ3n) is 2.88. The molecule has 0 aliphatic heterocycles. The van der Waals surface area contributed by atoms with Gasteiger partial charge in [-0.3, -0.25) is 10.1 Å². The van der Waals surface area contributed by atoms with Gasteiger partial charge in [0.15, 0.2) is 0 Å². The van der Waals surface area contributed by atoms with Crippen molar-refractivity contribution in [1.29, 1.82) is 0 Å². The predicted molar refractivity (Wildman–Crippen MR) is 78.2 cm³/mol. The lowest BCUT2D eigenvalue weighted by Gasteiger charge is -2.02. The summed E-state index contributed by atoms with van der Waals surface area (Å²) < 4.78 is 0. The predicted octanol–water partition coefficient (Wildman–Crippen LogP) is 4.44. The van der Waals surface area contributed by atoms with Gasteiger partial charge in [0.1, 0.15) is 5.82 Å². The second-order valence-corrected chi connectivity index (χ2v) is 4.96. The fraction of sp³-hybridized carbons (Fsp3) is 0. The lowest BCUT2D eigenvalue weighted by Crippen LogP contribution is -1.86. The van der Waals surface area contributed by atoms with Crippen molar-refractivity contribution >= 4 is 39.9 Å². The van der Waals surface area contributed by atoms with Gasteiger partial charge in [0.2, 0.25) is 0 Å². The molecule has 0 unspecified atom stereocenters. The summed E-state index contributed by atoms with van der Waals surface area (Å²) in [5, 5.41) is 11.7. The summed E-state index contributed by atoms with van der Waals surface area (Å²) in [5.74, 6) is 0.482. The van der Waals surface area contributed by atoms with E-state index in [9.17, 15) is 10.1 Å². The molecule has 2 aromatic carbocycles. The molecule has 0 saturated heterocycles. The van der Waals surface area contributed by atoms with Crippen LogP contribution in [0, 0.1) is 10.1 Å². The molecule has 1 heterocycles. The number of nitro groups is 1. The molecule has 0 aliphatic carbocycles. The number of aromatic nitrogens is 2. The van der Waals surface area contributed by atoms with Gasteiger partial charge in [-0.25, -0.2) is 4.98 Å². The van der Waals surface area contributed by atoms with E-state index >= 15 is 0 Å². The van der Waals surface area contributed by atoms with E-state index < -0.39 is 4.92 Å². The number of H-pyrrole nitrogens is 1. The zero-order chi connectivity index (χ0) is 14.3. The van der Waals surface area contributed by atoms with Crippen molar-refractivity contribution < 1.29 is 4.92 Å². The lowest BCUT2D eigenvalue weighted by atomic mass is 10.2. The molecular formula is C13H7Cl2N3O2. The van der Waals surface area contributed by atoms with Gasteiger partial charge in [-0.15, -0.1) is 0 Å². The van der Waals surface area contributed by atoms with Gasteiger partial charge in [0.25, 0.3) is 5.69 Å². The van der Waals surface area contributed by atoms with Gasteiger partial charge in [0.05, 0.1) is 31.6 Å². The first-order valence-corrected chi connectivity index (χ1v) is 6.40. The summed E-state index contributed by atoms with van der Waals surface area (Å²) in [6, 6.07) is 9.56. The van der Waals surface area contributed by atoms with Crippen LogP contribution >= 0.6 is 23.2 Å². The van der Waals surface area contributed by atoms with E-state index in [4.69, 9.17) is 23.2 Å². The zero-order valence-electron chi connectivity index (χ0n) is 9.93. The van der Waals surface area contributed by atoms with Gasteiger partial charge in [0, 0.05) is 12.1 Å². The van der Waals surface area contributed by atoms with Crippen LogP contribution in [0.2, 0.25) is 10.0 Å². The number of aromatic amines is 1. The van der Waals surface area contributed by atoms with Gasteiger partial charge in [-0.1, -0.05) is 29.3 Å². The Morgan fingerprint density at radius 2 is 1.85 bits per heavy atom. The Bertz CT molecular complexity index is 809. The van der Waals surface area contributed by atoms with Crippen molar-refractivity contribution in [3.8, 4) is 11.4 Å². The molecule has 100 valence electrons. The second kappa shape index (κ2) is 4.77. The number of fused-ring (bicyclic) bond motifs is 1. The average Bonchev–Trinajstić information content (AvgIpc) is 2.80. The zero-order valence-corrected chi connectivity index (χ0v) is 11.4. The third kappa shape index (κ3) is 2.11. The molecule has 1 aromatic heterocycles. The molecule has 0 saturated carbocycles. The van der Waals surface area contributed by atoms with Crippen molar-refractivity contribution in [2.24, 2.45) is 0 Å². The fourth-order valence-corrected chi connectivity index (χ4v) is 2.53. The molecular weight excluding hydrogens is 301 g/mol. The first-order valence-electron chi connectivity index (χ1n) is 5.65. The van der Waals surface area contributed by atoms with Crippen LogP contribution in [0.1, 0.15) is 0 Å². The third-order valence-corrected chi connectivity index (χ3v) is 3.51. The number of nitro benzene ring substituents is 1. The molecule has 3 rings (SSSR count). The molecule has 0 aliphatic rings. The number of imidazole rings is 1. The molecule has 0 amide bonds. The van der Waals surface area contributed by atoms with Crippen molar-refractivity contribution in [3.63, 3.8) is 0 Å². The maximum absolute atomic E-state index is 10.8. The van der Waals surface area contributed by atoms with Gasteiger partial charge in [-0.2, -0.15) is 0 Å². The summed E-state index contributed by atoms with van der Waals surface area (Å²) in [7, 11) is 0. The summed E-state index contributed by atoms with van der Waals surface area (Å²) >= 11 is 12.2. The Balaban J connectivity index is 2.21. The Morgan fingerprint density at radius 3 is 2.50 bits per heavy atom. The highest BCUT2D eigenvalue weighted by atomic mass is 35.5. The SMILES string of the molecule is O=[N+]([O-])c1ccc2nc(-c3c(Cl)cccc3Cl)[nH]c2c1. The smallest absolute Gasteiger partial charge is 0.271 e. The Morgan fingerprint density at radius 1 is 1.15 bits per heavy atom. The monoisotopic (exact) mass is 307 g/mol. The summed E-state index contributed by atoms with van der Waals surface area (Å²) in [6.45, 7) is 0. The van der Waals surface area contributed by atoms with Crippen molar-refractivity contribution in [1.82, 2.24) is 9.97 Å². The summed E-state index contributed by atoms with van der Waals surface area (Å²) in [5.41, 5.74) is 1.75. The van der Waals surface area contributed by atoms with E-state index in [1.807, 2.05) is 0 Å². The largest absolute Gasteiger partial charge is 0.338 e. The van der Waals surface area contributed by atoms with Crippen LogP contribution in [0.5, 0.6) is 0 Å². The van der Waals surface area contributed by atoms with E-state index in [-0.39, 0.29) is 5.69 Å². The van der Waals surface area contributed by atoms with Crippen LogP contribution < -0.4 is 0 Å². The highest BCUT2D eigenvalue weighted by Crippen LogP contribution is 2.34. The number of rotatable bonds is 2. The van der Waals surface area contributed by atoms with Crippen molar-refractivity contribution in [3.05, 3.63) is 56.6 Å². The quantitative estimate of drug-likeness (QED) is 0.561. The Labute approximate surface area is 123 Å². The maximum atomic E-state index is 10.8. The van der Waals surface area contributed by atoms with E-state index in [0.717, 1.165) is 0 Å². The second-order valence-electron chi connectivity index (χ2n) is 4.14. The number of non-ortho nitro benzene ring substituents is 1. The van der Waals surface area contributed by atoms with Crippen LogP contribution in [0.25, 0.3) is 22.4 Å². The molecule has 0 spiro atoms. The fourth-order valence-electron chi connectivity index (χ4n) is 1.95. The minimum atomic E-state index is -0.456. The Kier molecular flexibility index (Phi) is 3.08. The van der Waals surface area contributed by atoms with E-state index in [2.05, 4.69) is 9.97 Å². The number of halogens is 2.